The van der Waals surface area contributed by atoms with Crippen molar-refractivity contribution >= 4 is 28.6 Å². The van der Waals surface area contributed by atoms with Crippen LogP contribution in [0, 0.1) is 21.2 Å². The highest BCUT2D eigenvalue weighted by Crippen LogP contribution is 2.21. The SMILES string of the molecule is COC(=O)c1ccc(C#Cc2c(F)cc(O)cc2I)cc1. The number of halogens is 2. The van der Waals surface area contributed by atoms with Crippen molar-refractivity contribution in [2.24, 2.45) is 0 Å². The molecule has 0 heterocycles. The van der Waals surface area contributed by atoms with Crippen molar-refractivity contribution in [2.75, 3.05) is 7.11 Å². The highest BCUT2D eigenvalue weighted by Gasteiger charge is 2.07. The molecule has 0 aliphatic rings. The Kier molecular flexibility index (Phi) is 4.81. The van der Waals surface area contributed by atoms with Crippen LogP contribution in [-0.2, 0) is 4.74 Å². The summed E-state index contributed by atoms with van der Waals surface area (Å²) >= 11 is 1.91. The van der Waals surface area contributed by atoms with Crippen LogP contribution >= 0.6 is 22.6 Å². The third-order valence-corrected chi connectivity index (χ3v) is 3.52. The Balaban J connectivity index is 2.30. The van der Waals surface area contributed by atoms with Crippen LogP contribution in [0.3, 0.4) is 0 Å². The van der Waals surface area contributed by atoms with Crippen molar-refractivity contribution < 1.29 is 19.0 Å². The van der Waals surface area contributed by atoms with E-state index in [2.05, 4.69) is 16.6 Å². The molecule has 0 aromatic heterocycles. The fraction of sp³-hybridized carbons (Fsp3) is 0.0625. The molecule has 0 aliphatic carbocycles. The van der Waals surface area contributed by atoms with E-state index in [0.717, 1.165) is 6.07 Å². The molecule has 2 aromatic rings. The lowest BCUT2D eigenvalue weighted by atomic mass is 10.1. The van der Waals surface area contributed by atoms with E-state index in [4.69, 9.17) is 0 Å². The number of rotatable bonds is 1. The number of carbonyl (C=O) groups is 1. The van der Waals surface area contributed by atoms with Gasteiger partial charge in [0.25, 0.3) is 0 Å². The topological polar surface area (TPSA) is 46.5 Å². The lowest BCUT2D eigenvalue weighted by Gasteiger charge is -2.00. The number of esters is 1. The van der Waals surface area contributed by atoms with Crippen molar-refractivity contribution in [1.29, 1.82) is 0 Å². The minimum atomic E-state index is -0.571. The minimum absolute atomic E-state index is 0.134. The number of phenolic OH excluding ortho intramolecular Hbond substituents is 1. The van der Waals surface area contributed by atoms with Crippen LogP contribution in [0.4, 0.5) is 4.39 Å². The summed E-state index contributed by atoms with van der Waals surface area (Å²) in [4.78, 5) is 11.3. The third kappa shape index (κ3) is 3.73. The fourth-order valence-corrected chi connectivity index (χ4v) is 2.33. The van der Waals surface area contributed by atoms with E-state index in [0.29, 0.717) is 14.7 Å². The van der Waals surface area contributed by atoms with Crippen molar-refractivity contribution in [2.45, 2.75) is 0 Å². The summed E-state index contributed by atoms with van der Waals surface area (Å²) in [6, 6.07) is 8.96. The molecule has 0 amide bonds. The largest absolute Gasteiger partial charge is 0.508 e. The van der Waals surface area contributed by atoms with Gasteiger partial charge in [-0.2, -0.15) is 0 Å². The molecule has 0 fully saturated rings. The van der Waals surface area contributed by atoms with Crippen molar-refractivity contribution in [1.82, 2.24) is 0 Å². The van der Waals surface area contributed by atoms with E-state index in [1.165, 1.54) is 13.2 Å². The number of benzene rings is 2. The summed E-state index contributed by atoms with van der Waals surface area (Å²) in [7, 11) is 1.31. The number of hydrogen-bond acceptors (Lipinski definition) is 3. The molecule has 1 N–H and O–H groups in total. The molecular weight excluding hydrogens is 386 g/mol. The number of ether oxygens (including phenoxy) is 1. The molecule has 0 saturated heterocycles. The second kappa shape index (κ2) is 6.59. The van der Waals surface area contributed by atoms with Crippen LogP contribution in [0.5, 0.6) is 5.75 Å². The normalized spacial score (nSPS) is 9.67. The van der Waals surface area contributed by atoms with E-state index >= 15 is 0 Å². The smallest absolute Gasteiger partial charge is 0.337 e. The zero-order chi connectivity index (χ0) is 15.4. The van der Waals surface area contributed by atoms with Gasteiger partial charge in [0.1, 0.15) is 11.6 Å². The second-order valence-electron chi connectivity index (χ2n) is 4.10. The van der Waals surface area contributed by atoms with Gasteiger partial charge in [-0.15, -0.1) is 0 Å². The summed E-state index contributed by atoms with van der Waals surface area (Å²) in [6.45, 7) is 0. The molecule has 106 valence electrons. The Bertz CT molecular complexity index is 719. The highest BCUT2D eigenvalue weighted by molar-refractivity contribution is 14.1. The lowest BCUT2D eigenvalue weighted by Crippen LogP contribution is -2.00. The predicted molar refractivity (Wildman–Crippen MR) is 84.5 cm³/mol. The molecule has 0 aliphatic heterocycles. The van der Waals surface area contributed by atoms with E-state index < -0.39 is 11.8 Å². The number of methoxy groups -OCH3 is 1. The van der Waals surface area contributed by atoms with Crippen molar-refractivity contribution in [3.8, 4) is 17.6 Å². The Labute approximate surface area is 134 Å². The maximum absolute atomic E-state index is 13.7. The van der Waals surface area contributed by atoms with Gasteiger partial charge in [0, 0.05) is 15.2 Å². The maximum atomic E-state index is 13.7. The van der Waals surface area contributed by atoms with Gasteiger partial charge in [-0.3, -0.25) is 0 Å². The van der Waals surface area contributed by atoms with Crippen molar-refractivity contribution in [3.63, 3.8) is 0 Å². The molecule has 21 heavy (non-hydrogen) atoms. The molecule has 0 radical (unpaired) electrons. The van der Waals surface area contributed by atoms with Crippen LogP contribution in [0.1, 0.15) is 21.5 Å². The fourth-order valence-electron chi connectivity index (χ4n) is 1.62. The summed E-state index contributed by atoms with van der Waals surface area (Å²) < 4.78 is 18.8. The van der Waals surface area contributed by atoms with Gasteiger partial charge in [-0.1, -0.05) is 11.8 Å². The highest BCUT2D eigenvalue weighted by atomic mass is 127. The van der Waals surface area contributed by atoms with E-state index in [9.17, 15) is 14.3 Å². The standard InChI is InChI=1S/C16H10FIO3/c1-21-16(20)11-5-2-10(3-6-11)4-7-13-14(17)8-12(19)9-15(13)18/h2-3,5-6,8-9,19H,1H3. The molecule has 0 atom stereocenters. The van der Waals surface area contributed by atoms with E-state index in [-0.39, 0.29) is 11.3 Å². The third-order valence-electron chi connectivity index (χ3n) is 2.66. The first-order chi connectivity index (χ1) is 10.0. The van der Waals surface area contributed by atoms with Crippen LogP contribution in [0.2, 0.25) is 0 Å². The number of hydrogen-bond donors (Lipinski definition) is 1. The van der Waals surface area contributed by atoms with Gasteiger partial charge < -0.3 is 9.84 Å². The summed E-state index contributed by atoms with van der Waals surface area (Å²) in [5.74, 6) is 4.42. The molecular formula is C16H10FIO3. The average Bonchev–Trinajstić information content (AvgIpc) is 2.46. The number of carbonyl (C=O) groups excluding carboxylic acids is 1. The lowest BCUT2D eigenvalue weighted by molar-refractivity contribution is 0.0600. The first-order valence-electron chi connectivity index (χ1n) is 5.89. The molecule has 0 spiro atoms. The van der Waals surface area contributed by atoms with Crippen LogP contribution in [-0.4, -0.2) is 18.2 Å². The zero-order valence-electron chi connectivity index (χ0n) is 11.0. The second-order valence-corrected chi connectivity index (χ2v) is 5.27. The van der Waals surface area contributed by atoms with Gasteiger partial charge >= 0.3 is 5.97 Å². The quantitative estimate of drug-likeness (QED) is 0.457. The monoisotopic (exact) mass is 396 g/mol. The summed E-state index contributed by atoms with van der Waals surface area (Å²) in [6.07, 6.45) is 0. The number of aromatic hydroxyl groups is 1. The van der Waals surface area contributed by atoms with Gasteiger partial charge in [0.2, 0.25) is 0 Å². The Morgan fingerprint density at radius 1 is 1.24 bits per heavy atom. The van der Waals surface area contributed by atoms with Gasteiger partial charge in [-0.05, 0) is 52.9 Å². The molecule has 2 aromatic carbocycles. The van der Waals surface area contributed by atoms with Gasteiger partial charge in [0.15, 0.2) is 0 Å². The van der Waals surface area contributed by atoms with E-state index in [1.54, 1.807) is 24.3 Å². The van der Waals surface area contributed by atoms with Gasteiger partial charge in [0.05, 0.1) is 18.2 Å². The molecule has 5 heteroatoms. The molecule has 2 rings (SSSR count). The van der Waals surface area contributed by atoms with Crippen LogP contribution in [0.15, 0.2) is 36.4 Å². The first-order valence-corrected chi connectivity index (χ1v) is 6.97. The van der Waals surface area contributed by atoms with Crippen LogP contribution in [0.25, 0.3) is 0 Å². The van der Waals surface area contributed by atoms with Crippen LogP contribution < -0.4 is 0 Å². The maximum Gasteiger partial charge on any atom is 0.337 e. The number of phenols is 1. The average molecular weight is 396 g/mol. The minimum Gasteiger partial charge on any atom is -0.508 e. The first kappa shape index (κ1) is 15.3. The van der Waals surface area contributed by atoms with E-state index in [1.807, 2.05) is 22.6 Å². The summed E-state index contributed by atoms with van der Waals surface area (Å²) in [5, 5.41) is 9.27. The van der Waals surface area contributed by atoms with Crippen molar-refractivity contribution in [3.05, 3.63) is 62.5 Å². The Hall–Kier alpha value is -2.07. The molecule has 0 bridgehead atoms. The molecule has 3 nitrogen and oxygen atoms in total. The predicted octanol–water partition coefficient (Wildman–Crippen LogP) is 3.32. The molecule has 0 saturated carbocycles. The Morgan fingerprint density at radius 2 is 1.90 bits per heavy atom. The van der Waals surface area contributed by atoms with Gasteiger partial charge in [-0.25, -0.2) is 9.18 Å². The molecule has 0 unspecified atom stereocenters. The Morgan fingerprint density at radius 3 is 2.48 bits per heavy atom. The zero-order valence-corrected chi connectivity index (χ0v) is 13.1. The summed E-state index contributed by atoms with van der Waals surface area (Å²) in [5.41, 5.74) is 1.30.